The minimum Gasteiger partial charge on any atom is -0.476 e. The summed E-state index contributed by atoms with van der Waals surface area (Å²) in [7, 11) is -7.35. The number of aryl methyl sites for hydroxylation is 1. The van der Waals surface area contributed by atoms with E-state index < -0.39 is 48.2 Å². The van der Waals surface area contributed by atoms with E-state index in [-0.39, 0.29) is 37.3 Å². The number of carbonyl (C=O) groups is 2. The van der Waals surface area contributed by atoms with E-state index in [0.717, 1.165) is 0 Å². The van der Waals surface area contributed by atoms with Gasteiger partial charge in [-0.15, -0.1) is 0 Å². The average molecular weight is 480 g/mol. The summed E-state index contributed by atoms with van der Waals surface area (Å²) in [5.41, 5.74) is 0.244. The number of aromatic nitrogens is 2. The lowest BCUT2D eigenvalue weighted by atomic mass is 10.0. The fraction of sp³-hybridized carbons (Fsp3) is 0.706. The van der Waals surface area contributed by atoms with Crippen molar-refractivity contribution in [3.63, 3.8) is 0 Å². The zero-order valence-corrected chi connectivity index (χ0v) is 19.0. The Morgan fingerprint density at radius 1 is 1.29 bits per heavy atom. The van der Waals surface area contributed by atoms with Crippen LogP contribution in [0.1, 0.15) is 59.7 Å². The number of amides is 1. The van der Waals surface area contributed by atoms with Crippen LogP contribution in [0.2, 0.25) is 0 Å². The molecule has 2 heterocycles. The first-order valence-electron chi connectivity index (χ1n) is 9.62. The molecule has 0 saturated heterocycles. The molecule has 1 saturated carbocycles. The molecule has 1 aromatic rings. The number of nitrogens with zero attached hydrogens (tertiary/aromatic N) is 3. The average Bonchev–Trinajstić information content (AvgIpc) is 3.38. The zero-order chi connectivity index (χ0) is 23.4. The maximum Gasteiger partial charge on any atom is 0.397 e. The van der Waals surface area contributed by atoms with Crippen molar-refractivity contribution in [1.29, 1.82) is 0 Å². The van der Waals surface area contributed by atoms with E-state index in [2.05, 4.69) is 9.28 Å². The summed E-state index contributed by atoms with van der Waals surface area (Å²) in [6.07, 6.45) is 0.844. The number of aromatic carboxylic acids is 1. The van der Waals surface area contributed by atoms with Crippen LogP contribution in [0.15, 0.2) is 0 Å². The summed E-state index contributed by atoms with van der Waals surface area (Å²) < 4.78 is 60.5. The number of fused-ring (bicyclic) bond motifs is 1. The first-order valence-corrected chi connectivity index (χ1v) is 12.5. The molecule has 0 spiro atoms. The molecule has 0 radical (unpaired) electrons. The number of carboxylic acid groups (broad SMARTS) is 1. The topological polar surface area (TPSA) is 173 Å². The number of hydrogen-bond donors (Lipinski definition) is 2. The second-order valence-corrected chi connectivity index (χ2v) is 12.2. The molecule has 2 N–H and O–H groups in total. The number of sulfone groups is 1. The molecule has 14 heteroatoms. The second kappa shape index (κ2) is 7.53. The Kier molecular flexibility index (Phi) is 5.74. The summed E-state index contributed by atoms with van der Waals surface area (Å²) in [6, 6.07) is 0. The van der Waals surface area contributed by atoms with Gasteiger partial charge >= 0.3 is 16.4 Å². The first-order chi connectivity index (χ1) is 14.2. The van der Waals surface area contributed by atoms with Crippen LogP contribution >= 0.6 is 0 Å². The quantitative estimate of drug-likeness (QED) is 0.461. The molecular weight excluding hydrogens is 454 g/mol. The van der Waals surface area contributed by atoms with Crippen molar-refractivity contribution < 1.29 is 40.3 Å². The van der Waals surface area contributed by atoms with Crippen LogP contribution in [0.4, 0.5) is 0 Å². The van der Waals surface area contributed by atoms with Gasteiger partial charge in [0.1, 0.15) is 5.69 Å². The van der Waals surface area contributed by atoms with Crippen LogP contribution in [0.5, 0.6) is 0 Å². The zero-order valence-electron chi connectivity index (χ0n) is 17.4. The van der Waals surface area contributed by atoms with Crippen molar-refractivity contribution in [2.75, 3.05) is 19.7 Å². The molecule has 2 aliphatic rings. The summed E-state index contributed by atoms with van der Waals surface area (Å²) in [4.78, 5) is 25.8. The molecular formula is C17H25N3O9S2. The van der Waals surface area contributed by atoms with Gasteiger partial charge in [0.05, 0.1) is 16.1 Å². The summed E-state index contributed by atoms with van der Waals surface area (Å²) in [6.45, 7) is 2.21. The smallest absolute Gasteiger partial charge is 0.397 e. The van der Waals surface area contributed by atoms with Crippen LogP contribution in [0.25, 0.3) is 0 Å². The number of rotatable bonds is 9. The Morgan fingerprint density at radius 3 is 2.39 bits per heavy atom. The summed E-state index contributed by atoms with van der Waals surface area (Å²) >= 11 is 0. The predicted molar refractivity (Wildman–Crippen MR) is 107 cm³/mol. The van der Waals surface area contributed by atoms with Gasteiger partial charge in [-0.3, -0.25) is 14.0 Å². The second-order valence-electron chi connectivity index (χ2n) is 8.26. The SMILES string of the molecule is CCC(C)(COS(=O)(=O)O)S(=O)(=O)C1(CN2CCc3c(C(=O)O)nn(C)c3C2=O)CC1. The fourth-order valence-corrected chi connectivity index (χ4v) is 7.07. The van der Waals surface area contributed by atoms with E-state index in [9.17, 15) is 31.5 Å². The van der Waals surface area contributed by atoms with Gasteiger partial charge in [0, 0.05) is 25.7 Å². The molecule has 0 aromatic carbocycles. The molecule has 1 aliphatic carbocycles. The van der Waals surface area contributed by atoms with Crippen LogP contribution in [-0.2, 0) is 37.9 Å². The molecule has 0 bridgehead atoms. The summed E-state index contributed by atoms with van der Waals surface area (Å²) in [5.74, 6) is -1.74. The van der Waals surface area contributed by atoms with Crippen molar-refractivity contribution in [3.8, 4) is 0 Å². The van der Waals surface area contributed by atoms with E-state index in [4.69, 9.17) is 4.55 Å². The van der Waals surface area contributed by atoms with Gasteiger partial charge in [-0.2, -0.15) is 13.5 Å². The van der Waals surface area contributed by atoms with E-state index in [1.165, 1.54) is 23.6 Å². The minimum absolute atomic E-state index is 0.0361. The lowest BCUT2D eigenvalue weighted by Gasteiger charge is -2.36. The molecule has 1 unspecified atom stereocenters. The number of carbonyl (C=O) groups excluding carboxylic acids is 1. The predicted octanol–water partition coefficient (Wildman–Crippen LogP) is 0.0521. The van der Waals surface area contributed by atoms with Crippen LogP contribution in [0, 0.1) is 0 Å². The maximum atomic E-state index is 13.5. The lowest BCUT2D eigenvalue weighted by molar-refractivity contribution is 0.0688. The third-order valence-electron chi connectivity index (χ3n) is 6.24. The van der Waals surface area contributed by atoms with Crippen LogP contribution in [-0.4, -0.2) is 82.2 Å². The molecule has 3 rings (SSSR count). The normalized spacial score (nSPS) is 20.3. The highest BCUT2D eigenvalue weighted by Crippen LogP contribution is 2.50. The highest BCUT2D eigenvalue weighted by molar-refractivity contribution is 7.94. The standard InChI is InChI=1S/C17H25N3O9S2/c1-4-16(2,10-29-31(26,27)28)30(24,25)17(6-7-17)9-20-8-5-11-12(15(22)23)18-19(3)13(11)14(20)21/h4-10H2,1-3H3,(H,22,23)(H,26,27,28). The summed E-state index contributed by atoms with van der Waals surface area (Å²) in [5, 5.41) is 13.2. The van der Waals surface area contributed by atoms with Crippen molar-refractivity contribution in [2.24, 2.45) is 7.05 Å². The molecule has 1 atom stereocenters. The van der Waals surface area contributed by atoms with Gasteiger partial charge in [-0.25, -0.2) is 17.4 Å². The lowest BCUT2D eigenvalue weighted by Crippen LogP contribution is -2.53. The fourth-order valence-electron chi connectivity index (χ4n) is 3.98. The van der Waals surface area contributed by atoms with Crippen molar-refractivity contribution in [2.45, 2.75) is 49.0 Å². The molecule has 1 aliphatic heterocycles. The molecule has 12 nitrogen and oxygen atoms in total. The highest BCUT2D eigenvalue weighted by Gasteiger charge is 2.62. The van der Waals surface area contributed by atoms with Gasteiger partial charge in [-0.05, 0) is 32.6 Å². The Balaban J connectivity index is 1.87. The Hall–Kier alpha value is -2.03. The molecule has 174 valence electrons. The Morgan fingerprint density at radius 2 is 1.90 bits per heavy atom. The molecule has 1 aromatic heterocycles. The van der Waals surface area contributed by atoms with E-state index in [1.807, 2.05) is 0 Å². The van der Waals surface area contributed by atoms with Gasteiger partial charge in [-0.1, -0.05) is 6.92 Å². The van der Waals surface area contributed by atoms with Crippen LogP contribution in [0.3, 0.4) is 0 Å². The first kappa shape index (κ1) is 23.6. The third kappa shape index (κ3) is 3.97. The van der Waals surface area contributed by atoms with E-state index >= 15 is 0 Å². The van der Waals surface area contributed by atoms with Crippen molar-refractivity contribution >= 4 is 32.1 Å². The van der Waals surface area contributed by atoms with Crippen LogP contribution < -0.4 is 0 Å². The Labute approximate surface area is 180 Å². The molecule has 1 fully saturated rings. The molecule has 31 heavy (non-hydrogen) atoms. The van der Waals surface area contributed by atoms with Gasteiger partial charge in [0.25, 0.3) is 5.91 Å². The third-order valence-corrected chi connectivity index (χ3v) is 10.0. The largest absolute Gasteiger partial charge is 0.476 e. The number of hydrogen-bond acceptors (Lipinski definition) is 8. The highest BCUT2D eigenvalue weighted by atomic mass is 32.3. The minimum atomic E-state index is -4.82. The van der Waals surface area contributed by atoms with Gasteiger partial charge in [0.15, 0.2) is 15.5 Å². The maximum absolute atomic E-state index is 13.5. The Bertz CT molecular complexity index is 1140. The molecule has 1 amide bonds. The number of carboxylic acids is 1. The van der Waals surface area contributed by atoms with Gasteiger partial charge < -0.3 is 10.0 Å². The van der Waals surface area contributed by atoms with Gasteiger partial charge in [0.2, 0.25) is 0 Å². The van der Waals surface area contributed by atoms with Crippen molar-refractivity contribution in [3.05, 3.63) is 17.0 Å². The monoisotopic (exact) mass is 479 g/mol. The van der Waals surface area contributed by atoms with E-state index in [0.29, 0.717) is 18.4 Å². The van der Waals surface area contributed by atoms with E-state index in [1.54, 1.807) is 6.92 Å². The van der Waals surface area contributed by atoms with Crippen molar-refractivity contribution in [1.82, 2.24) is 14.7 Å².